The maximum Gasteiger partial charge on any atom is 0.165 e. The molecule has 0 atom stereocenters. The van der Waals surface area contributed by atoms with Gasteiger partial charge in [0.15, 0.2) is 5.75 Å². The molecular formula is C16H21N3O. The Balaban J connectivity index is 1.75. The predicted molar refractivity (Wildman–Crippen MR) is 79.0 cm³/mol. The minimum absolute atomic E-state index is 0.700. The molecule has 4 nitrogen and oxygen atoms in total. The Labute approximate surface area is 119 Å². The first-order valence-electron chi connectivity index (χ1n) is 7.28. The molecule has 1 aliphatic carbocycles. The van der Waals surface area contributed by atoms with Crippen molar-refractivity contribution in [1.82, 2.24) is 15.1 Å². The summed E-state index contributed by atoms with van der Waals surface area (Å²) in [5.41, 5.74) is 2.47. The van der Waals surface area contributed by atoms with E-state index in [1.807, 2.05) is 16.9 Å². The Morgan fingerprint density at radius 3 is 2.95 bits per heavy atom. The van der Waals surface area contributed by atoms with E-state index in [4.69, 9.17) is 4.74 Å². The molecule has 0 amide bonds. The van der Waals surface area contributed by atoms with E-state index in [-0.39, 0.29) is 0 Å². The van der Waals surface area contributed by atoms with Gasteiger partial charge in [-0.05, 0) is 32.8 Å². The topological polar surface area (TPSA) is 39.1 Å². The van der Waals surface area contributed by atoms with Gasteiger partial charge in [-0.3, -0.25) is 4.68 Å². The highest BCUT2D eigenvalue weighted by atomic mass is 16.5. The van der Waals surface area contributed by atoms with Crippen LogP contribution in [-0.4, -0.2) is 15.8 Å². The van der Waals surface area contributed by atoms with Crippen molar-refractivity contribution in [3.8, 4) is 11.5 Å². The van der Waals surface area contributed by atoms with Gasteiger partial charge in [-0.25, -0.2) is 0 Å². The number of aromatic nitrogens is 2. The van der Waals surface area contributed by atoms with Crippen molar-refractivity contribution in [2.45, 2.75) is 45.8 Å². The highest BCUT2D eigenvalue weighted by molar-refractivity contribution is 5.39. The van der Waals surface area contributed by atoms with E-state index in [2.05, 4.69) is 36.4 Å². The van der Waals surface area contributed by atoms with Gasteiger partial charge in [0.2, 0.25) is 0 Å². The maximum absolute atomic E-state index is 5.98. The van der Waals surface area contributed by atoms with E-state index in [9.17, 15) is 0 Å². The smallest absolute Gasteiger partial charge is 0.165 e. The lowest BCUT2D eigenvalue weighted by Crippen LogP contribution is -2.15. The Bertz CT molecular complexity index is 587. The third kappa shape index (κ3) is 3.20. The lowest BCUT2D eigenvalue weighted by Gasteiger charge is -2.11. The molecular weight excluding hydrogens is 250 g/mol. The van der Waals surface area contributed by atoms with E-state index in [0.29, 0.717) is 6.04 Å². The summed E-state index contributed by atoms with van der Waals surface area (Å²) in [6, 6.07) is 7.02. The molecule has 1 saturated carbocycles. The molecule has 4 heteroatoms. The number of benzene rings is 1. The molecule has 0 radical (unpaired) electrons. The van der Waals surface area contributed by atoms with E-state index >= 15 is 0 Å². The van der Waals surface area contributed by atoms with Crippen molar-refractivity contribution in [1.29, 1.82) is 0 Å². The first-order valence-corrected chi connectivity index (χ1v) is 7.28. The van der Waals surface area contributed by atoms with E-state index in [0.717, 1.165) is 24.6 Å². The number of nitrogens with one attached hydrogen (secondary N) is 1. The SMILES string of the molecule is CCn1cc(Oc2ccc(C)cc2CNC2CC2)cn1. The lowest BCUT2D eigenvalue weighted by molar-refractivity contribution is 0.471. The number of nitrogens with zero attached hydrogens (tertiary/aromatic N) is 2. The molecule has 0 unspecified atom stereocenters. The van der Waals surface area contributed by atoms with Gasteiger partial charge in [0.25, 0.3) is 0 Å². The average molecular weight is 271 g/mol. The highest BCUT2D eigenvalue weighted by Gasteiger charge is 2.20. The van der Waals surface area contributed by atoms with Crippen LogP contribution in [0.15, 0.2) is 30.6 Å². The van der Waals surface area contributed by atoms with Crippen LogP contribution in [0.1, 0.15) is 30.9 Å². The van der Waals surface area contributed by atoms with Crippen LogP contribution < -0.4 is 10.1 Å². The van der Waals surface area contributed by atoms with Gasteiger partial charge >= 0.3 is 0 Å². The number of hydrogen-bond acceptors (Lipinski definition) is 3. The summed E-state index contributed by atoms with van der Waals surface area (Å²) < 4.78 is 7.84. The molecule has 0 aliphatic heterocycles. The summed E-state index contributed by atoms with van der Waals surface area (Å²) in [6.07, 6.45) is 6.29. The Morgan fingerprint density at radius 1 is 1.40 bits per heavy atom. The summed E-state index contributed by atoms with van der Waals surface area (Å²) in [4.78, 5) is 0. The van der Waals surface area contributed by atoms with Gasteiger partial charge in [-0.15, -0.1) is 0 Å². The zero-order chi connectivity index (χ0) is 13.9. The monoisotopic (exact) mass is 271 g/mol. The predicted octanol–water partition coefficient (Wildman–Crippen LogP) is 3.26. The first kappa shape index (κ1) is 13.2. The normalized spacial score (nSPS) is 14.5. The van der Waals surface area contributed by atoms with Crippen molar-refractivity contribution < 1.29 is 4.74 Å². The minimum atomic E-state index is 0.700. The third-order valence-electron chi connectivity index (χ3n) is 3.54. The van der Waals surface area contributed by atoms with Gasteiger partial charge in [0.1, 0.15) is 5.75 Å². The van der Waals surface area contributed by atoms with Gasteiger partial charge in [-0.1, -0.05) is 17.7 Å². The lowest BCUT2D eigenvalue weighted by atomic mass is 10.1. The second kappa shape index (κ2) is 5.67. The van der Waals surface area contributed by atoms with Gasteiger partial charge in [-0.2, -0.15) is 5.10 Å². The number of rotatable bonds is 6. The number of aryl methyl sites for hydroxylation is 2. The molecule has 1 aromatic heterocycles. The first-order chi connectivity index (χ1) is 9.74. The number of ether oxygens (including phenoxy) is 1. The fourth-order valence-corrected chi connectivity index (χ4v) is 2.18. The molecule has 0 spiro atoms. The van der Waals surface area contributed by atoms with E-state index in [1.54, 1.807) is 6.20 Å². The summed E-state index contributed by atoms with van der Waals surface area (Å²) in [7, 11) is 0. The van der Waals surface area contributed by atoms with Gasteiger partial charge in [0, 0.05) is 24.7 Å². The van der Waals surface area contributed by atoms with E-state index < -0.39 is 0 Å². The molecule has 1 heterocycles. The van der Waals surface area contributed by atoms with Crippen molar-refractivity contribution in [3.05, 3.63) is 41.7 Å². The van der Waals surface area contributed by atoms with Crippen LogP contribution in [0, 0.1) is 6.92 Å². The zero-order valence-electron chi connectivity index (χ0n) is 12.1. The molecule has 1 aromatic carbocycles. The summed E-state index contributed by atoms with van der Waals surface area (Å²) >= 11 is 0. The molecule has 106 valence electrons. The molecule has 1 aliphatic rings. The zero-order valence-corrected chi connectivity index (χ0v) is 12.1. The Hall–Kier alpha value is -1.81. The van der Waals surface area contributed by atoms with Crippen LogP contribution in [0.4, 0.5) is 0 Å². The maximum atomic E-state index is 5.98. The second-order valence-electron chi connectivity index (χ2n) is 5.40. The molecule has 1 fully saturated rings. The number of hydrogen-bond donors (Lipinski definition) is 1. The summed E-state index contributed by atoms with van der Waals surface area (Å²) in [6.45, 7) is 5.89. The summed E-state index contributed by atoms with van der Waals surface area (Å²) in [5.74, 6) is 1.71. The third-order valence-corrected chi connectivity index (χ3v) is 3.54. The van der Waals surface area contributed by atoms with Crippen LogP contribution >= 0.6 is 0 Å². The van der Waals surface area contributed by atoms with Crippen LogP contribution in [0.2, 0.25) is 0 Å². The average Bonchev–Trinajstić information content (AvgIpc) is 3.17. The Kier molecular flexibility index (Phi) is 3.74. The van der Waals surface area contributed by atoms with Crippen LogP contribution in [-0.2, 0) is 13.1 Å². The molecule has 3 rings (SSSR count). The standard InChI is InChI=1S/C16H21N3O/c1-3-19-11-15(10-18-19)20-16-7-4-12(2)8-13(16)9-17-14-5-6-14/h4,7-8,10-11,14,17H,3,5-6,9H2,1-2H3. The highest BCUT2D eigenvalue weighted by Crippen LogP contribution is 2.27. The van der Waals surface area contributed by atoms with Crippen LogP contribution in [0.25, 0.3) is 0 Å². The van der Waals surface area contributed by atoms with Crippen molar-refractivity contribution >= 4 is 0 Å². The molecule has 20 heavy (non-hydrogen) atoms. The van der Waals surface area contributed by atoms with Crippen LogP contribution in [0.5, 0.6) is 11.5 Å². The second-order valence-corrected chi connectivity index (χ2v) is 5.40. The van der Waals surface area contributed by atoms with Crippen molar-refractivity contribution in [2.75, 3.05) is 0 Å². The van der Waals surface area contributed by atoms with Crippen LogP contribution in [0.3, 0.4) is 0 Å². The molecule has 1 N–H and O–H groups in total. The van der Waals surface area contributed by atoms with Gasteiger partial charge < -0.3 is 10.1 Å². The molecule has 0 bridgehead atoms. The quantitative estimate of drug-likeness (QED) is 0.876. The van der Waals surface area contributed by atoms with Crippen molar-refractivity contribution in [3.63, 3.8) is 0 Å². The minimum Gasteiger partial charge on any atom is -0.454 e. The fraction of sp³-hybridized carbons (Fsp3) is 0.438. The summed E-state index contributed by atoms with van der Waals surface area (Å²) in [5, 5.41) is 7.78. The largest absolute Gasteiger partial charge is 0.454 e. The van der Waals surface area contributed by atoms with E-state index in [1.165, 1.54) is 24.0 Å². The molecule has 2 aromatic rings. The molecule has 0 saturated heterocycles. The Morgan fingerprint density at radius 2 is 2.25 bits per heavy atom. The fourth-order valence-electron chi connectivity index (χ4n) is 2.18. The van der Waals surface area contributed by atoms with Crippen molar-refractivity contribution in [2.24, 2.45) is 0 Å². The van der Waals surface area contributed by atoms with Gasteiger partial charge in [0.05, 0.1) is 12.4 Å².